The molecule has 0 atom stereocenters. The molecule has 0 aliphatic carbocycles. The number of carbonyl (C=O) groups is 1. The van der Waals surface area contributed by atoms with Crippen molar-refractivity contribution < 1.29 is 4.79 Å². The van der Waals surface area contributed by atoms with Crippen molar-refractivity contribution in [2.45, 2.75) is 0 Å². The fraction of sp³-hybridized carbons (Fsp3) is 0. The lowest BCUT2D eigenvalue weighted by Gasteiger charge is -2.02. The summed E-state index contributed by atoms with van der Waals surface area (Å²) in [5.74, 6) is -0.480. The van der Waals surface area contributed by atoms with Gasteiger partial charge < -0.3 is 10.7 Å². The van der Waals surface area contributed by atoms with Gasteiger partial charge in [0.05, 0.1) is 22.5 Å². The summed E-state index contributed by atoms with van der Waals surface area (Å²) in [6, 6.07) is 15.1. The van der Waals surface area contributed by atoms with Crippen LogP contribution in [0.2, 0.25) is 0 Å². The number of fused-ring (bicyclic) bond motifs is 1. The highest BCUT2D eigenvalue weighted by Gasteiger charge is 2.17. The van der Waals surface area contributed by atoms with E-state index < -0.39 is 5.91 Å². The Morgan fingerprint density at radius 2 is 1.96 bits per heavy atom. The molecule has 1 amide bonds. The number of nitrogens with one attached hydrogen (secondary N) is 1. The van der Waals surface area contributed by atoms with Crippen molar-refractivity contribution in [1.82, 2.24) is 19.6 Å². The number of hydrogen-bond acceptors (Lipinski definition) is 3. The molecule has 0 aliphatic rings. The third-order valence-corrected chi connectivity index (χ3v) is 3.73. The molecule has 1 aromatic carbocycles. The third kappa shape index (κ3) is 2.17. The molecule has 0 spiro atoms. The van der Waals surface area contributed by atoms with Crippen molar-refractivity contribution in [1.29, 1.82) is 0 Å². The Bertz CT molecular complexity index is 1000. The first-order valence-electron chi connectivity index (χ1n) is 7.11. The largest absolute Gasteiger partial charge is 0.366 e. The van der Waals surface area contributed by atoms with Crippen molar-refractivity contribution >= 4 is 11.4 Å². The first-order valence-corrected chi connectivity index (χ1v) is 7.11. The van der Waals surface area contributed by atoms with Crippen LogP contribution in [0.15, 0.2) is 61.1 Å². The number of rotatable bonds is 3. The van der Waals surface area contributed by atoms with Gasteiger partial charge in [-0.25, -0.2) is 9.50 Å². The summed E-state index contributed by atoms with van der Waals surface area (Å²) in [6.07, 6.45) is 3.33. The normalized spacial score (nSPS) is 11.0. The molecule has 6 nitrogen and oxygen atoms in total. The monoisotopic (exact) mass is 303 g/mol. The molecule has 6 heteroatoms. The van der Waals surface area contributed by atoms with Crippen LogP contribution in [0.4, 0.5) is 0 Å². The van der Waals surface area contributed by atoms with E-state index in [1.54, 1.807) is 10.6 Å². The zero-order chi connectivity index (χ0) is 15.8. The average molecular weight is 303 g/mol. The molecule has 3 N–H and O–H groups in total. The molecule has 4 aromatic rings. The van der Waals surface area contributed by atoms with Crippen LogP contribution in [0.1, 0.15) is 10.4 Å². The molecule has 3 aromatic heterocycles. The Morgan fingerprint density at radius 3 is 2.74 bits per heavy atom. The van der Waals surface area contributed by atoms with Gasteiger partial charge in [-0.1, -0.05) is 30.3 Å². The molecule has 0 fully saturated rings. The Hall–Kier alpha value is -3.41. The van der Waals surface area contributed by atoms with Gasteiger partial charge in [0.2, 0.25) is 0 Å². The fourth-order valence-corrected chi connectivity index (χ4v) is 2.68. The van der Waals surface area contributed by atoms with Crippen LogP contribution >= 0.6 is 0 Å². The van der Waals surface area contributed by atoms with Crippen molar-refractivity contribution in [2.75, 3.05) is 0 Å². The number of aromatic nitrogens is 4. The number of primary amides is 1. The predicted octanol–water partition coefficient (Wildman–Crippen LogP) is 2.49. The number of nitrogens with zero attached hydrogens (tertiary/aromatic N) is 3. The maximum atomic E-state index is 11.8. The molecule has 0 saturated heterocycles. The van der Waals surface area contributed by atoms with Gasteiger partial charge in [0, 0.05) is 6.20 Å². The lowest BCUT2D eigenvalue weighted by atomic mass is 10.1. The zero-order valence-electron chi connectivity index (χ0n) is 12.1. The molecule has 112 valence electrons. The third-order valence-electron chi connectivity index (χ3n) is 3.73. The number of hydrogen-bond donors (Lipinski definition) is 2. The van der Waals surface area contributed by atoms with Gasteiger partial charge in [-0.05, 0) is 23.8 Å². The maximum absolute atomic E-state index is 11.8. The lowest BCUT2D eigenvalue weighted by Crippen LogP contribution is -2.11. The molecular formula is C17H13N5O. The van der Waals surface area contributed by atoms with Crippen LogP contribution in [-0.4, -0.2) is 25.5 Å². The van der Waals surface area contributed by atoms with Crippen LogP contribution < -0.4 is 5.73 Å². The van der Waals surface area contributed by atoms with E-state index in [9.17, 15) is 4.79 Å². The number of carbonyl (C=O) groups excluding carboxylic acids is 1. The predicted molar refractivity (Wildman–Crippen MR) is 86.7 cm³/mol. The zero-order valence-corrected chi connectivity index (χ0v) is 12.1. The summed E-state index contributed by atoms with van der Waals surface area (Å²) in [5, 5.41) is 4.15. The summed E-state index contributed by atoms with van der Waals surface area (Å²) >= 11 is 0. The van der Waals surface area contributed by atoms with Gasteiger partial charge in [-0.2, -0.15) is 5.10 Å². The quantitative estimate of drug-likeness (QED) is 0.609. The molecular weight excluding hydrogens is 290 g/mol. The first-order chi connectivity index (χ1) is 11.2. The number of aromatic amines is 1. The van der Waals surface area contributed by atoms with Gasteiger partial charge in [0.1, 0.15) is 12.0 Å². The smallest absolute Gasteiger partial charge is 0.250 e. The maximum Gasteiger partial charge on any atom is 0.250 e. The highest BCUT2D eigenvalue weighted by molar-refractivity contribution is 6.01. The van der Waals surface area contributed by atoms with Gasteiger partial charge in [0.25, 0.3) is 5.91 Å². The molecule has 0 radical (unpaired) electrons. The molecule has 3 heterocycles. The molecule has 23 heavy (non-hydrogen) atoms. The average Bonchev–Trinajstić information content (AvgIpc) is 3.22. The van der Waals surface area contributed by atoms with Crippen LogP contribution in [0.25, 0.3) is 28.2 Å². The summed E-state index contributed by atoms with van der Waals surface area (Å²) in [5.41, 5.74) is 9.86. The van der Waals surface area contributed by atoms with E-state index in [1.165, 1.54) is 6.33 Å². The second-order valence-corrected chi connectivity index (χ2v) is 5.15. The topological polar surface area (TPSA) is 89.1 Å². The highest BCUT2D eigenvalue weighted by atomic mass is 16.1. The van der Waals surface area contributed by atoms with E-state index >= 15 is 0 Å². The summed E-state index contributed by atoms with van der Waals surface area (Å²) in [4.78, 5) is 19.4. The molecule has 4 rings (SSSR count). The SMILES string of the molecule is NC(=O)c1cc(-c2ncnn3cccc23)[nH]c1-c1ccccc1. The summed E-state index contributed by atoms with van der Waals surface area (Å²) in [7, 11) is 0. The molecule has 0 saturated carbocycles. The minimum absolute atomic E-state index is 0.439. The van der Waals surface area contributed by atoms with Gasteiger partial charge in [-0.15, -0.1) is 0 Å². The van der Waals surface area contributed by atoms with E-state index in [0.717, 1.165) is 22.5 Å². The van der Waals surface area contributed by atoms with E-state index in [-0.39, 0.29) is 0 Å². The standard InChI is InChI=1S/C17H13N5O/c18-17(23)12-9-13(21-15(12)11-5-2-1-3-6-11)16-14-7-4-8-22(14)20-10-19-16/h1-10,21H,(H2,18,23). The minimum atomic E-state index is -0.480. The van der Waals surface area contributed by atoms with E-state index in [2.05, 4.69) is 15.1 Å². The van der Waals surface area contributed by atoms with Gasteiger partial charge in [-0.3, -0.25) is 4.79 Å². The van der Waals surface area contributed by atoms with Crippen LogP contribution in [-0.2, 0) is 0 Å². The van der Waals surface area contributed by atoms with Crippen molar-refractivity contribution in [3.8, 4) is 22.6 Å². The van der Waals surface area contributed by atoms with E-state index in [1.807, 2.05) is 48.7 Å². The highest BCUT2D eigenvalue weighted by Crippen LogP contribution is 2.29. The Kier molecular flexibility index (Phi) is 2.94. The summed E-state index contributed by atoms with van der Waals surface area (Å²) < 4.78 is 1.73. The van der Waals surface area contributed by atoms with Gasteiger partial charge >= 0.3 is 0 Å². The Balaban J connectivity index is 1.94. The van der Waals surface area contributed by atoms with Gasteiger partial charge in [0.15, 0.2) is 0 Å². The Labute approximate surface area is 131 Å². The molecule has 0 aliphatic heterocycles. The second kappa shape index (κ2) is 5.10. The lowest BCUT2D eigenvalue weighted by molar-refractivity contribution is 0.100. The van der Waals surface area contributed by atoms with Crippen molar-refractivity contribution in [3.63, 3.8) is 0 Å². The second-order valence-electron chi connectivity index (χ2n) is 5.15. The van der Waals surface area contributed by atoms with Crippen LogP contribution in [0.5, 0.6) is 0 Å². The number of amides is 1. The van der Waals surface area contributed by atoms with E-state index in [0.29, 0.717) is 11.3 Å². The van der Waals surface area contributed by atoms with Crippen molar-refractivity contribution in [2.24, 2.45) is 5.73 Å². The summed E-state index contributed by atoms with van der Waals surface area (Å²) in [6.45, 7) is 0. The van der Waals surface area contributed by atoms with Crippen LogP contribution in [0.3, 0.4) is 0 Å². The Morgan fingerprint density at radius 1 is 1.13 bits per heavy atom. The first kappa shape index (κ1) is 13.3. The molecule has 0 bridgehead atoms. The number of H-pyrrole nitrogens is 1. The number of benzene rings is 1. The fourth-order valence-electron chi connectivity index (χ4n) is 2.68. The van der Waals surface area contributed by atoms with Crippen LogP contribution in [0, 0.1) is 0 Å². The number of nitrogens with two attached hydrogens (primary N) is 1. The van der Waals surface area contributed by atoms with E-state index in [4.69, 9.17) is 5.73 Å². The minimum Gasteiger partial charge on any atom is -0.366 e. The van der Waals surface area contributed by atoms with Crippen molar-refractivity contribution in [3.05, 3.63) is 66.6 Å². The molecule has 0 unspecified atom stereocenters.